The highest BCUT2D eigenvalue weighted by molar-refractivity contribution is 6.30. The van der Waals surface area contributed by atoms with Gasteiger partial charge in [-0.3, -0.25) is 14.6 Å². The minimum atomic E-state index is -0.152. The Kier molecular flexibility index (Phi) is 7.25. The molecule has 28 heavy (non-hydrogen) atoms. The Balaban J connectivity index is 1.41. The number of halogens is 1. The molecule has 2 aromatic rings. The maximum atomic E-state index is 12.5. The second-order valence-electron chi connectivity index (χ2n) is 6.91. The molecule has 148 valence electrons. The fourth-order valence-electron chi connectivity index (χ4n) is 3.26. The summed E-state index contributed by atoms with van der Waals surface area (Å²) < 4.78 is 0. The Hall–Kier alpha value is -2.60. The first kappa shape index (κ1) is 20.1. The molecule has 0 radical (unpaired) electrons. The number of piperidine rings is 1. The van der Waals surface area contributed by atoms with Crippen LogP contribution in [-0.2, 0) is 16.0 Å². The highest BCUT2D eigenvalue weighted by Crippen LogP contribution is 2.19. The predicted octanol–water partition coefficient (Wildman–Crippen LogP) is 2.74. The molecule has 1 unspecified atom stereocenters. The molecule has 0 saturated carbocycles. The van der Waals surface area contributed by atoms with Crippen LogP contribution in [0.1, 0.15) is 18.4 Å². The van der Waals surface area contributed by atoms with E-state index in [9.17, 15) is 9.59 Å². The van der Waals surface area contributed by atoms with Crippen molar-refractivity contribution in [2.45, 2.75) is 19.3 Å². The number of carbonyl (C=O) groups excluding carboxylic acids is 2. The average molecular weight is 401 g/mol. The number of hydrogen-bond donors (Lipinski definition) is 2. The lowest BCUT2D eigenvalue weighted by atomic mass is 9.96. The van der Waals surface area contributed by atoms with E-state index in [1.807, 2.05) is 36.4 Å². The first-order chi connectivity index (χ1) is 13.6. The number of benzene rings is 1. The molecule has 7 heteroatoms. The van der Waals surface area contributed by atoms with Gasteiger partial charge in [0.1, 0.15) is 0 Å². The van der Waals surface area contributed by atoms with Crippen LogP contribution in [0.25, 0.3) is 0 Å². The zero-order valence-corrected chi connectivity index (χ0v) is 16.5. The number of carbonyl (C=O) groups is 2. The first-order valence-corrected chi connectivity index (χ1v) is 9.93. The van der Waals surface area contributed by atoms with E-state index < -0.39 is 0 Å². The molecular formula is C21H25ClN4O2. The SMILES string of the molecule is O=C(NCCNc1cccnc1)C1CCC(=O)N(CCc2ccc(Cl)cc2)C1. The standard InChI is InChI=1S/C21H25ClN4O2/c22-18-6-3-16(4-7-18)9-13-26-15-17(5-8-20(26)27)21(28)25-12-11-24-19-2-1-10-23-14-19/h1-4,6-7,10,14,17,24H,5,8-9,11-13,15H2,(H,25,28). The Morgan fingerprint density at radius 2 is 2.04 bits per heavy atom. The lowest BCUT2D eigenvalue weighted by molar-refractivity contribution is -0.138. The van der Waals surface area contributed by atoms with Crippen LogP contribution in [0.4, 0.5) is 5.69 Å². The number of nitrogens with zero attached hydrogens (tertiary/aromatic N) is 2. The highest BCUT2D eigenvalue weighted by atomic mass is 35.5. The Bertz CT molecular complexity index is 783. The van der Waals surface area contributed by atoms with Gasteiger partial charge in [0, 0.05) is 50.0 Å². The van der Waals surface area contributed by atoms with Gasteiger partial charge in [-0.05, 0) is 42.7 Å². The van der Waals surface area contributed by atoms with Crippen LogP contribution in [0.5, 0.6) is 0 Å². The molecule has 2 amide bonds. The monoisotopic (exact) mass is 400 g/mol. The Morgan fingerprint density at radius 1 is 1.21 bits per heavy atom. The molecule has 1 atom stereocenters. The molecule has 1 aromatic carbocycles. The van der Waals surface area contributed by atoms with Crippen molar-refractivity contribution in [2.24, 2.45) is 5.92 Å². The summed E-state index contributed by atoms with van der Waals surface area (Å²) in [6.45, 7) is 2.26. The molecule has 0 bridgehead atoms. The van der Waals surface area contributed by atoms with E-state index in [1.54, 1.807) is 17.3 Å². The fourth-order valence-corrected chi connectivity index (χ4v) is 3.39. The van der Waals surface area contributed by atoms with Crippen LogP contribution < -0.4 is 10.6 Å². The van der Waals surface area contributed by atoms with Gasteiger partial charge in [0.2, 0.25) is 11.8 Å². The number of amides is 2. The summed E-state index contributed by atoms with van der Waals surface area (Å²) in [6, 6.07) is 11.4. The van der Waals surface area contributed by atoms with Gasteiger partial charge in [-0.1, -0.05) is 23.7 Å². The van der Waals surface area contributed by atoms with Gasteiger partial charge in [0.05, 0.1) is 11.6 Å². The molecular weight excluding hydrogens is 376 g/mol. The van der Waals surface area contributed by atoms with Crippen LogP contribution in [0, 0.1) is 5.92 Å². The summed E-state index contributed by atoms with van der Waals surface area (Å²) in [4.78, 5) is 30.5. The topological polar surface area (TPSA) is 74.3 Å². The van der Waals surface area contributed by atoms with Crippen molar-refractivity contribution in [3.8, 4) is 0 Å². The van der Waals surface area contributed by atoms with Crippen LogP contribution in [-0.4, -0.2) is 47.9 Å². The van der Waals surface area contributed by atoms with E-state index in [-0.39, 0.29) is 17.7 Å². The number of pyridine rings is 1. The van der Waals surface area contributed by atoms with Crippen LogP contribution in [0.2, 0.25) is 5.02 Å². The van der Waals surface area contributed by atoms with Gasteiger partial charge < -0.3 is 15.5 Å². The van der Waals surface area contributed by atoms with Crippen LogP contribution >= 0.6 is 11.6 Å². The number of nitrogens with one attached hydrogen (secondary N) is 2. The molecule has 2 N–H and O–H groups in total. The zero-order chi connectivity index (χ0) is 19.8. The largest absolute Gasteiger partial charge is 0.382 e. The molecule has 3 rings (SSSR count). The molecule has 1 fully saturated rings. The van der Waals surface area contributed by atoms with E-state index >= 15 is 0 Å². The van der Waals surface area contributed by atoms with E-state index in [1.165, 1.54) is 0 Å². The second kappa shape index (κ2) is 10.1. The van der Waals surface area contributed by atoms with Crippen LogP contribution in [0.15, 0.2) is 48.8 Å². The van der Waals surface area contributed by atoms with Crippen molar-refractivity contribution in [2.75, 3.05) is 31.5 Å². The minimum Gasteiger partial charge on any atom is -0.382 e. The first-order valence-electron chi connectivity index (χ1n) is 9.55. The Labute approximate surface area is 170 Å². The van der Waals surface area contributed by atoms with E-state index in [0.29, 0.717) is 44.0 Å². The van der Waals surface area contributed by atoms with Gasteiger partial charge >= 0.3 is 0 Å². The van der Waals surface area contributed by atoms with E-state index in [0.717, 1.165) is 17.7 Å². The summed E-state index contributed by atoms with van der Waals surface area (Å²) in [7, 11) is 0. The van der Waals surface area contributed by atoms with Crippen molar-refractivity contribution < 1.29 is 9.59 Å². The number of likely N-dealkylation sites (tertiary alicyclic amines) is 1. The van der Waals surface area contributed by atoms with Gasteiger partial charge in [-0.2, -0.15) is 0 Å². The summed E-state index contributed by atoms with van der Waals surface area (Å²) in [5.41, 5.74) is 2.05. The molecule has 1 aromatic heterocycles. The van der Waals surface area contributed by atoms with E-state index in [2.05, 4.69) is 15.6 Å². The zero-order valence-electron chi connectivity index (χ0n) is 15.7. The van der Waals surface area contributed by atoms with E-state index in [4.69, 9.17) is 11.6 Å². The van der Waals surface area contributed by atoms with Gasteiger partial charge in [0.15, 0.2) is 0 Å². The number of aromatic nitrogens is 1. The maximum absolute atomic E-state index is 12.5. The molecule has 6 nitrogen and oxygen atoms in total. The van der Waals surface area contributed by atoms with Crippen molar-refractivity contribution in [3.05, 3.63) is 59.4 Å². The quantitative estimate of drug-likeness (QED) is 0.668. The minimum absolute atomic E-state index is 0.0111. The van der Waals surface area contributed by atoms with Crippen molar-refractivity contribution in [3.63, 3.8) is 0 Å². The molecule has 2 heterocycles. The smallest absolute Gasteiger partial charge is 0.224 e. The third-order valence-corrected chi connectivity index (χ3v) is 5.12. The molecule has 0 aliphatic carbocycles. The summed E-state index contributed by atoms with van der Waals surface area (Å²) in [5, 5.41) is 6.88. The van der Waals surface area contributed by atoms with Crippen LogP contribution in [0.3, 0.4) is 0 Å². The Morgan fingerprint density at radius 3 is 2.79 bits per heavy atom. The third-order valence-electron chi connectivity index (χ3n) is 4.87. The number of anilines is 1. The lowest BCUT2D eigenvalue weighted by Gasteiger charge is -2.32. The molecule has 1 aliphatic heterocycles. The summed E-state index contributed by atoms with van der Waals surface area (Å²) in [5.74, 6) is -0.0189. The highest BCUT2D eigenvalue weighted by Gasteiger charge is 2.29. The molecule has 1 saturated heterocycles. The third kappa shape index (κ3) is 5.96. The normalized spacial score (nSPS) is 16.7. The van der Waals surface area contributed by atoms with Gasteiger partial charge in [-0.25, -0.2) is 0 Å². The summed E-state index contributed by atoms with van der Waals surface area (Å²) in [6.07, 6.45) is 5.25. The lowest BCUT2D eigenvalue weighted by Crippen LogP contribution is -2.47. The number of hydrogen-bond acceptors (Lipinski definition) is 4. The molecule has 1 aliphatic rings. The fraction of sp³-hybridized carbons (Fsp3) is 0.381. The second-order valence-corrected chi connectivity index (χ2v) is 7.35. The summed E-state index contributed by atoms with van der Waals surface area (Å²) >= 11 is 5.91. The van der Waals surface area contributed by atoms with Crippen molar-refractivity contribution >= 4 is 29.1 Å². The van der Waals surface area contributed by atoms with Crippen molar-refractivity contribution in [1.29, 1.82) is 0 Å². The van der Waals surface area contributed by atoms with Gasteiger partial charge in [0.25, 0.3) is 0 Å². The van der Waals surface area contributed by atoms with Crippen molar-refractivity contribution in [1.82, 2.24) is 15.2 Å². The van der Waals surface area contributed by atoms with Gasteiger partial charge in [-0.15, -0.1) is 0 Å². The average Bonchev–Trinajstić information content (AvgIpc) is 2.72. The predicted molar refractivity (Wildman–Crippen MR) is 110 cm³/mol. The number of rotatable bonds is 8. The molecule has 0 spiro atoms. The maximum Gasteiger partial charge on any atom is 0.224 e.